The van der Waals surface area contributed by atoms with Gasteiger partial charge >= 0.3 is 0 Å². The average Bonchev–Trinajstić information content (AvgIpc) is 3.23. The number of hydrogen-bond acceptors (Lipinski definition) is 4. The molecule has 1 fully saturated rings. The molecule has 20 heavy (non-hydrogen) atoms. The molecule has 0 aromatic heterocycles. The number of hydrogen-bond donors (Lipinski definition) is 1. The van der Waals surface area contributed by atoms with Crippen molar-refractivity contribution in [3.63, 3.8) is 0 Å². The van der Waals surface area contributed by atoms with Gasteiger partial charge in [-0.3, -0.25) is 0 Å². The third kappa shape index (κ3) is 2.10. The molecule has 0 spiro atoms. The van der Waals surface area contributed by atoms with E-state index in [2.05, 4.69) is 0 Å². The van der Waals surface area contributed by atoms with Crippen LogP contribution in [0.3, 0.4) is 0 Å². The van der Waals surface area contributed by atoms with Crippen molar-refractivity contribution in [3.8, 4) is 0 Å². The lowest BCUT2D eigenvalue weighted by molar-refractivity contribution is 0.0683. The van der Waals surface area contributed by atoms with Crippen LogP contribution in [0.25, 0.3) is 0 Å². The second-order valence-electron chi connectivity index (χ2n) is 5.62. The van der Waals surface area contributed by atoms with Gasteiger partial charge in [0.1, 0.15) is 6.10 Å². The van der Waals surface area contributed by atoms with Crippen LogP contribution in [0, 0.1) is 11.8 Å². The van der Waals surface area contributed by atoms with E-state index in [1.165, 1.54) is 0 Å². The SMILES string of the molecule is C[C@@H]1[C@H](O)[C@@H](C)C=C(S(=O)(=O)c2ccccc2)[C@H]2O[C@H]12. The van der Waals surface area contributed by atoms with Gasteiger partial charge in [-0.05, 0) is 12.1 Å². The van der Waals surface area contributed by atoms with Crippen LogP contribution in [-0.4, -0.2) is 31.8 Å². The Kier molecular flexibility index (Phi) is 3.23. The highest BCUT2D eigenvalue weighted by Crippen LogP contribution is 2.44. The lowest BCUT2D eigenvalue weighted by Gasteiger charge is -2.20. The van der Waals surface area contributed by atoms with E-state index in [-0.39, 0.29) is 22.8 Å². The molecule has 0 unspecified atom stereocenters. The molecule has 108 valence electrons. The second kappa shape index (κ2) is 4.69. The summed E-state index contributed by atoms with van der Waals surface area (Å²) in [6.45, 7) is 3.74. The van der Waals surface area contributed by atoms with Gasteiger partial charge in [0, 0.05) is 11.8 Å². The fourth-order valence-electron chi connectivity index (χ4n) is 2.86. The monoisotopic (exact) mass is 294 g/mol. The number of ether oxygens (including phenoxy) is 1. The highest BCUT2D eigenvalue weighted by Gasteiger charge is 2.53. The van der Waals surface area contributed by atoms with E-state index in [0.717, 1.165) is 0 Å². The summed E-state index contributed by atoms with van der Waals surface area (Å²) in [6, 6.07) is 8.36. The summed E-state index contributed by atoms with van der Waals surface area (Å²) >= 11 is 0. The molecule has 1 saturated heterocycles. The maximum absolute atomic E-state index is 12.7. The van der Waals surface area contributed by atoms with Crippen LogP contribution in [0.15, 0.2) is 46.2 Å². The first-order chi connectivity index (χ1) is 9.43. The predicted molar refractivity (Wildman–Crippen MR) is 74.7 cm³/mol. The van der Waals surface area contributed by atoms with E-state index in [1.807, 2.05) is 13.8 Å². The van der Waals surface area contributed by atoms with Crippen molar-refractivity contribution in [1.82, 2.24) is 0 Å². The molecule has 2 aliphatic rings. The Labute approximate surface area is 119 Å². The third-order valence-corrected chi connectivity index (χ3v) is 6.07. The van der Waals surface area contributed by atoms with Crippen LogP contribution < -0.4 is 0 Å². The molecular weight excluding hydrogens is 276 g/mol. The summed E-state index contributed by atoms with van der Waals surface area (Å²) < 4.78 is 30.9. The van der Waals surface area contributed by atoms with E-state index in [0.29, 0.717) is 4.91 Å². The largest absolute Gasteiger partial charge is 0.392 e. The molecule has 0 saturated carbocycles. The number of aliphatic hydroxyl groups excluding tert-OH is 1. The molecule has 3 rings (SSSR count). The van der Waals surface area contributed by atoms with E-state index >= 15 is 0 Å². The predicted octanol–water partition coefficient (Wildman–Crippen LogP) is 1.76. The summed E-state index contributed by atoms with van der Waals surface area (Å²) in [5.41, 5.74) is 0. The average molecular weight is 294 g/mol. The molecule has 1 aromatic carbocycles. The van der Waals surface area contributed by atoms with Crippen molar-refractivity contribution in [3.05, 3.63) is 41.3 Å². The minimum absolute atomic E-state index is 0.0604. The maximum atomic E-state index is 12.7. The number of fused-ring (bicyclic) bond motifs is 1. The molecule has 1 aliphatic heterocycles. The van der Waals surface area contributed by atoms with Gasteiger partial charge in [-0.25, -0.2) is 8.42 Å². The number of aliphatic hydroxyl groups is 1. The molecule has 1 aromatic rings. The Morgan fingerprint density at radius 3 is 2.45 bits per heavy atom. The van der Waals surface area contributed by atoms with Crippen LogP contribution >= 0.6 is 0 Å². The fourth-order valence-corrected chi connectivity index (χ4v) is 4.53. The van der Waals surface area contributed by atoms with E-state index in [9.17, 15) is 13.5 Å². The highest BCUT2D eigenvalue weighted by atomic mass is 32.2. The van der Waals surface area contributed by atoms with Crippen LogP contribution in [-0.2, 0) is 14.6 Å². The summed E-state index contributed by atoms with van der Waals surface area (Å²) in [4.78, 5) is 0.571. The van der Waals surface area contributed by atoms with Gasteiger partial charge in [0.15, 0.2) is 0 Å². The molecule has 0 bridgehead atoms. The smallest absolute Gasteiger partial charge is 0.205 e. The number of sulfone groups is 1. The summed E-state index contributed by atoms with van der Waals surface area (Å²) in [6.07, 6.45) is 0.476. The van der Waals surface area contributed by atoms with E-state index in [1.54, 1.807) is 36.4 Å². The van der Waals surface area contributed by atoms with E-state index < -0.39 is 22.0 Å². The number of rotatable bonds is 2. The zero-order chi connectivity index (χ0) is 14.5. The zero-order valence-corrected chi connectivity index (χ0v) is 12.2. The Morgan fingerprint density at radius 1 is 1.15 bits per heavy atom. The normalized spacial score (nSPS) is 36.8. The Morgan fingerprint density at radius 2 is 1.80 bits per heavy atom. The fraction of sp³-hybridized carbons (Fsp3) is 0.467. The molecule has 0 radical (unpaired) electrons. The van der Waals surface area contributed by atoms with Crippen molar-refractivity contribution in [1.29, 1.82) is 0 Å². The third-order valence-electron chi connectivity index (χ3n) is 4.19. The Balaban J connectivity index is 2.04. The van der Waals surface area contributed by atoms with Gasteiger partial charge in [0.05, 0.1) is 22.0 Å². The van der Waals surface area contributed by atoms with Crippen molar-refractivity contribution in [2.45, 2.75) is 37.1 Å². The maximum Gasteiger partial charge on any atom is 0.205 e. The van der Waals surface area contributed by atoms with Gasteiger partial charge in [-0.15, -0.1) is 0 Å². The minimum atomic E-state index is -3.55. The first-order valence-electron chi connectivity index (χ1n) is 6.78. The Hall–Kier alpha value is -1.17. The standard InChI is InChI=1S/C15H18O4S/c1-9-8-12(15-14(19-15)10(2)13(9)16)20(17,18)11-6-4-3-5-7-11/h3-10,13-16H,1-2H3/t9-,10+,13+,14+,15+/m0/s1. The summed E-state index contributed by atoms with van der Waals surface area (Å²) in [5.74, 6) is -0.260. The first-order valence-corrected chi connectivity index (χ1v) is 8.26. The van der Waals surface area contributed by atoms with Gasteiger partial charge in [0.25, 0.3) is 0 Å². The summed E-state index contributed by atoms with van der Waals surface area (Å²) in [5, 5.41) is 10.2. The number of benzene rings is 1. The molecular formula is C15H18O4S. The molecule has 4 nitrogen and oxygen atoms in total. The van der Waals surface area contributed by atoms with Gasteiger partial charge in [-0.2, -0.15) is 0 Å². The quantitative estimate of drug-likeness (QED) is 0.844. The highest BCUT2D eigenvalue weighted by molar-refractivity contribution is 7.95. The number of epoxide rings is 1. The van der Waals surface area contributed by atoms with E-state index in [4.69, 9.17) is 4.74 Å². The van der Waals surface area contributed by atoms with Crippen LogP contribution in [0.4, 0.5) is 0 Å². The molecule has 0 amide bonds. The lowest BCUT2D eigenvalue weighted by Crippen LogP contribution is -2.27. The van der Waals surface area contributed by atoms with Gasteiger partial charge < -0.3 is 9.84 Å². The summed E-state index contributed by atoms with van der Waals surface area (Å²) in [7, 11) is -3.55. The molecule has 1 N–H and O–H groups in total. The van der Waals surface area contributed by atoms with Crippen molar-refractivity contribution in [2.24, 2.45) is 11.8 Å². The van der Waals surface area contributed by atoms with Crippen LogP contribution in [0.5, 0.6) is 0 Å². The second-order valence-corrected chi connectivity index (χ2v) is 7.57. The van der Waals surface area contributed by atoms with Gasteiger partial charge in [0.2, 0.25) is 9.84 Å². The topological polar surface area (TPSA) is 66.9 Å². The lowest BCUT2D eigenvalue weighted by atomic mass is 9.93. The van der Waals surface area contributed by atoms with Crippen LogP contribution in [0.1, 0.15) is 13.8 Å². The minimum Gasteiger partial charge on any atom is -0.392 e. The zero-order valence-electron chi connectivity index (χ0n) is 11.4. The molecule has 5 atom stereocenters. The van der Waals surface area contributed by atoms with Crippen molar-refractivity contribution in [2.75, 3.05) is 0 Å². The van der Waals surface area contributed by atoms with Crippen LogP contribution in [0.2, 0.25) is 0 Å². The first kappa shape index (κ1) is 13.8. The molecule has 1 aliphatic carbocycles. The van der Waals surface area contributed by atoms with Gasteiger partial charge in [-0.1, -0.05) is 38.1 Å². The Bertz CT molecular complexity index is 635. The van der Waals surface area contributed by atoms with Crippen molar-refractivity contribution < 1.29 is 18.3 Å². The molecule has 1 heterocycles. The van der Waals surface area contributed by atoms with Crippen molar-refractivity contribution >= 4 is 9.84 Å². The molecule has 5 heteroatoms.